The van der Waals surface area contributed by atoms with Gasteiger partial charge in [0.1, 0.15) is 0 Å². The van der Waals surface area contributed by atoms with E-state index in [1.807, 2.05) is 30.3 Å². The van der Waals surface area contributed by atoms with Crippen molar-refractivity contribution >= 4 is 5.91 Å². The van der Waals surface area contributed by atoms with Crippen LogP contribution in [0, 0.1) is 0 Å². The quantitative estimate of drug-likeness (QED) is 0.742. The number of hydrogen-bond acceptors (Lipinski definition) is 3. The maximum absolute atomic E-state index is 12.3. The number of piperidine rings is 1. The van der Waals surface area contributed by atoms with Gasteiger partial charge in [0.25, 0.3) is 0 Å². The minimum atomic E-state index is -0.354. The van der Waals surface area contributed by atoms with Crippen LogP contribution in [-0.4, -0.2) is 22.7 Å². The molecule has 0 saturated carbocycles. The highest BCUT2D eigenvalue weighted by molar-refractivity contribution is 5.86. The molecular formula is C17H17NO3. The summed E-state index contributed by atoms with van der Waals surface area (Å²) in [5.74, 6) is -0.694. The predicted octanol–water partition coefficient (Wildman–Crippen LogP) is 2.49. The topological polar surface area (TPSA) is 69.6 Å². The fourth-order valence-corrected chi connectivity index (χ4v) is 2.99. The lowest BCUT2D eigenvalue weighted by Gasteiger charge is -2.32. The molecule has 0 unspecified atom stereocenters. The van der Waals surface area contributed by atoms with Crippen molar-refractivity contribution < 1.29 is 15.0 Å². The largest absolute Gasteiger partial charge is 0.504 e. The van der Waals surface area contributed by atoms with E-state index in [9.17, 15) is 15.0 Å². The second-order valence-corrected chi connectivity index (χ2v) is 5.32. The standard InChI is InChI=1S/C17H17NO3/c19-14-7-6-12(10-15(14)20)16-13(8-9-18-17(16)21)11-4-2-1-3-5-11/h1-7,10,13,16,19-20H,8-9H2,(H,18,21)/t13-,16+/m0/s1. The van der Waals surface area contributed by atoms with Crippen LogP contribution in [0.1, 0.15) is 29.4 Å². The minimum absolute atomic E-state index is 0.0415. The van der Waals surface area contributed by atoms with Crippen LogP contribution < -0.4 is 5.32 Å². The molecule has 3 N–H and O–H groups in total. The normalized spacial score (nSPS) is 21.8. The van der Waals surface area contributed by atoms with E-state index < -0.39 is 0 Å². The first kappa shape index (κ1) is 13.5. The maximum atomic E-state index is 12.3. The molecule has 1 heterocycles. The summed E-state index contributed by atoms with van der Waals surface area (Å²) in [6.07, 6.45) is 0.849. The van der Waals surface area contributed by atoms with Gasteiger partial charge in [0.05, 0.1) is 5.92 Å². The van der Waals surface area contributed by atoms with Crippen molar-refractivity contribution in [3.8, 4) is 11.5 Å². The van der Waals surface area contributed by atoms with Crippen molar-refractivity contribution in [2.45, 2.75) is 18.3 Å². The van der Waals surface area contributed by atoms with E-state index in [-0.39, 0.29) is 29.2 Å². The molecule has 21 heavy (non-hydrogen) atoms. The molecule has 2 aromatic rings. The molecule has 1 aliphatic heterocycles. The Kier molecular flexibility index (Phi) is 3.52. The van der Waals surface area contributed by atoms with Gasteiger partial charge in [-0.3, -0.25) is 4.79 Å². The number of rotatable bonds is 2. The molecule has 0 bridgehead atoms. The van der Waals surface area contributed by atoms with Gasteiger partial charge in [-0.1, -0.05) is 36.4 Å². The molecule has 0 aliphatic carbocycles. The summed E-state index contributed by atoms with van der Waals surface area (Å²) < 4.78 is 0. The summed E-state index contributed by atoms with van der Waals surface area (Å²) in [7, 11) is 0. The number of phenols is 2. The fraction of sp³-hybridized carbons (Fsp3) is 0.235. The van der Waals surface area contributed by atoms with Crippen LogP contribution in [0.15, 0.2) is 48.5 Å². The van der Waals surface area contributed by atoms with Crippen LogP contribution in [-0.2, 0) is 4.79 Å². The van der Waals surface area contributed by atoms with Gasteiger partial charge in [-0.2, -0.15) is 0 Å². The lowest BCUT2D eigenvalue weighted by atomic mass is 9.77. The van der Waals surface area contributed by atoms with Crippen molar-refractivity contribution in [3.63, 3.8) is 0 Å². The first-order chi connectivity index (χ1) is 10.2. The maximum Gasteiger partial charge on any atom is 0.228 e. The van der Waals surface area contributed by atoms with Gasteiger partial charge in [-0.25, -0.2) is 0 Å². The summed E-state index contributed by atoms with van der Waals surface area (Å²) in [6, 6.07) is 14.5. The van der Waals surface area contributed by atoms with E-state index in [0.717, 1.165) is 17.5 Å². The monoisotopic (exact) mass is 283 g/mol. The molecule has 4 heteroatoms. The van der Waals surface area contributed by atoms with Crippen molar-refractivity contribution in [1.82, 2.24) is 5.32 Å². The third-order valence-corrected chi connectivity index (χ3v) is 4.03. The number of amides is 1. The first-order valence-corrected chi connectivity index (χ1v) is 7.01. The van der Waals surface area contributed by atoms with Crippen LogP contribution in [0.2, 0.25) is 0 Å². The number of aromatic hydroxyl groups is 2. The zero-order valence-corrected chi connectivity index (χ0v) is 11.5. The zero-order valence-electron chi connectivity index (χ0n) is 11.5. The Balaban J connectivity index is 2.02. The van der Waals surface area contributed by atoms with Gasteiger partial charge < -0.3 is 15.5 Å². The Bertz CT molecular complexity index is 654. The van der Waals surface area contributed by atoms with Crippen LogP contribution in [0.25, 0.3) is 0 Å². The molecule has 0 aromatic heterocycles. The lowest BCUT2D eigenvalue weighted by Crippen LogP contribution is -2.39. The summed E-state index contributed by atoms with van der Waals surface area (Å²) in [6.45, 7) is 0.652. The van der Waals surface area contributed by atoms with Gasteiger partial charge in [0.15, 0.2) is 11.5 Å². The number of carbonyl (C=O) groups excluding carboxylic acids is 1. The number of phenolic OH excluding ortho intramolecular Hbond substituents is 2. The molecule has 4 nitrogen and oxygen atoms in total. The third-order valence-electron chi connectivity index (χ3n) is 4.03. The highest BCUT2D eigenvalue weighted by Gasteiger charge is 2.34. The van der Waals surface area contributed by atoms with Crippen LogP contribution in [0.4, 0.5) is 0 Å². The SMILES string of the molecule is O=C1NCC[C@@H](c2ccccc2)[C@H]1c1ccc(O)c(O)c1. The highest BCUT2D eigenvalue weighted by atomic mass is 16.3. The smallest absolute Gasteiger partial charge is 0.228 e. The average Bonchev–Trinajstić information content (AvgIpc) is 2.51. The Labute approximate surface area is 123 Å². The van der Waals surface area contributed by atoms with Gasteiger partial charge in [-0.05, 0) is 29.7 Å². The van der Waals surface area contributed by atoms with Crippen molar-refractivity contribution in [3.05, 3.63) is 59.7 Å². The van der Waals surface area contributed by atoms with E-state index in [4.69, 9.17) is 0 Å². The summed E-state index contributed by atoms with van der Waals surface area (Å²) in [5.41, 5.74) is 1.83. The Hall–Kier alpha value is -2.49. The van der Waals surface area contributed by atoms with Crippen molar-refractivity contribution in [2.24, 2.45) is 0 Å². The third kappa shape index (κ3) is 2.57. The molecule has 1 fully saturated rings. The van der Waals surface area contributed by atoms with Crippen molar-refractivity contribution in [1.29, 1.82) is 0 Å². The predicted molar refractivity (Wildman–Crippen MR) is 79.3 cm³/mol. The van der Waals surface area contributed by atoms with Crippen LogP contribution >= 0.6 is 0 Å². The molecule has 2 atom stereocenters. The van der Waals surface area contributed by atoms with Gasteiger partial charge >= 0.3 is 0 Å². The second-order valence-electron chi connectivity index (χ2n) is 5.32. The van der Waals surface area contributed by atoms with Crippen LogP contribution in [0.5, 0.6) is 11.5 Å². The molecule has 1 aliphatic rings. The molecule has 2 aromatic carbocycles. The molecule has 0 radical (unpaired) electrons. The summed E-state index contributed by atoms with van der Waals surface area (Å²) in [5, 5.41) is 22.0. The second kappa shape index (κ2) is 5.48. The van der Waals surface area contributed by atoms with E-state index in [0.29, 0.717) is 6.54 Å². The molecule has 1 saturated heterocycles. The van der Waals surface area contributed by atoms with Gasteiger partial charge in [-0.15, -0.1) is 0 Å². The van der Waals surface area contributed by atoms with E-state index in [2.05, 4.69) is 5.32 Å². The molecule has 108 valence electrons. The summed E-state index contributed by atoms with van der Waals surface area (Å²) >= 11 is 0. The van der Waals surface area contributed by atoms with E-state index in [1.54, 1.807) is 6.07 Å². The van der Waals surface area contributed by atoms with Gasteiger partial charge in [0.2, 0.25) is 5.91 Å². The van der Waals surface area contributed by atoms with E-state index >= 15 is 0 Å². The average molecular weight is 283 g/mol. The van der Waals surface area contributed by atoms with E-state index in [1.165, 1.54) is 12.1 Å². The van der Waals surface area contributed by atoms with Gasteiger partial charge in [0, 0.05) is 12.5 Å². The minimum Gasteiger partial charge on any atom is -0.504 e. The summed E-state index contributed by atoms with van der Waals surface area (Å²) in [4.78, 5) is 12.3. The number of benzene rings is 2. The number of nitrogens with one attached hydrogen (secondary N) is 1. The Morgan fingerprint density at radius 3 is 2.43 bits per heavy atom. The van der Waals surface area contributed by atoms with Crippen LogP contribution in [0.3, 0.4) is 0 Å². The molecule has 1 amide bonds. The number of carbonyl (C=O) groups is 1. The first-order valence-electron chi connectivity index (χ1n) is 7.01. The fourth-order valence-electron chi connectivity index (χ4n) is 2.99. The molecule has 3 rings (SSSR count). The zero-order chi connectivity index (χ0) is 14.8. The Morgan fingerprint density at radius 2 is 1.71 bits per heavy atom. The Morgan fingerprint density at radius 1 is 0.952 bits per heavy atom. The highest BCUT2D eigenvalue weighted by Crippen LogP contribution is 2.40. The molecule has 0 spiro atoms. The van der Waals surface area contributed by atoms with Crippen molar-refractivity contribution in [2.75, 3.05) is 6.54 Å². The molecular weight excluding hydrogens is 266 g/mol. The lowest BCUT2D eigenvalue weighted by molar-refractivity contribution is -0.124. The number of hydrogen-bond donors (Lipinski definition) is 3.